The van der Waals surface area contributed by atoms with Gasteiger partial charge in [-0.05, 0) is 33.5 Å². The first-order valence-electron chi connectivity index (χ1n) is 5.94. The minimum atomic E-state index is 0.299. The molecule has 0 aliphatic heterocycles. The lowest BCUT2D eigenvalue weighted by Crippen LogP contribution is -2.04. The van der Waals surface area contributed by atoms with E-state index in [2.05, 4.69) is 61.7 Å². The van der Waals surface area contributed by atoms with Gasteiger partial charge in [0.25, 0.3) is 0 Å². The van der Waals surface area contributed by atoms with Crippen LogP contribution >= 0.6 is 43.5 Å². The highest BCUT2D eigenvalue weighted by Crippen LogP contribution is 2.29. The average Bonchev–Trinajstić information content (AvgIpc) is 2.36. The normalized spacial score (nSPS) is 11.1. The second kappa shape index (κ2) is 6.33. The molecule has 1 heterocycles. The van der Waals surface area contributed by atoms with Crippen LogP contribution in [-0.4, -0.2) is 9.97 Å². The third kappa shape index (κ3) is 3.56. The molecule has 0 saturated heterocycles. The van der Waals surface area contributed by atoms with Gasteiger partial charge in [0, 0.05) is 10.9 Å². The van der Waals surface area contributed by atoms with Crippen LogP contribution in [0.5, 0.6) is 0 Å². The van der Waals surface area contributed by atoms with Crippen LogP contribution in [-0.2, 0) is 6.42 Å². The van der Waals surface area contributed by atoms with E-state index in [0.29, 0.717) is 17.5 Å². The molecule has 0 fully saturated rings. The summed E-state index contributed by atoms with van der Waals surface area (Å²) in [6.45, 7) is 4.18. The summed E-state index contributed by atoms with van der Waals surface area (Å²) in [6, 6.07) is 8.06. The molecule has 2 nitrogen and oxygen atoms in total. The van der Waals surface area contributed by atoms with Crippen LogP contribution in [0.4, 0.5) is 0 Å². The molecule has 0 amide bonds. The van der Waals surface area contributed by atoms with Crippen LogP contribution in [0.15, 0.2) is 33.2 Å². The summed E-state index contributed by atoms with van der Waals surface area (Å²) in [7, 11) is 0. The topological polar surface area (TPSA) is 25.8 Å². The Hall–Kier alpha value is -0.450. The van der Waals surface area contributed by atoms with Gasteiger partial charge in [0.1, 0.15) is 11.0 Å². The molecule has 0 spiro atoms. The summed E-state index contributed by atoms with van der Waals surface area (Å²) in [5.41, 5.74) is 2.10. The Morgan fingerprint density at radius 2 is 1.84 bits per heavy atom. The summed E-state index contributed by atoms with van der Waals surface area (Å²) < 4.78 is 1.85. The number of halogens is 3. The third-order valence-electron chi connectivity index (χ3n) is 2.74. The molecule has 1 aromatic heterocycles. The van der Waals surface area contributed by atoms with Crippen LogP contribution in [0.25, 0.3) is 0 Å². The maximum absolute atomic E-state index is 6.16. The molecular weight excluding hydrogens is 391 g/mol. The quantitative estimate of drug-likeness (QED) is 0.643. The van der Waals surface area contributed by atoms with Crippen molar-refractivity contribution < 1.29 is 0 Å². The van der Waals surface area contributed by atoms with E-state index in [4.69, 9.17) is 11.6 Å². The van der Waals surface area contributed by atoms with Gasteiger partial charge in [0.2, 0.25) is 0 Å². The van der Waals surface area contributed by atoms with Gasteiger partial charge in [0.15, 0.2) is 0 Å². The van der Waals surface area contributed by atoms with Crippen LogP contribution in [0.1, 0.15) is 36.8 Å². The summed E-state index contributed by atoms with van der Waals surface area (Å²) in [5.74, 6) is 1.04. The minimum absolute atomic E-state index is 0.299. The van der Waals surface area contributed by atoms with Gasteiger partial charge in [-0.25, -0.2) is 9.97 Å². The summed E-state index contributed by atoms with van der Waals surface area (Å²) >= 11 is 13.1. The maximum Gasteiger partial charge on any atom is 0.147 e. The third-order valence-corrected chi connectivity index (χ3v) is 4.79. The molecule has 0 aliphatic carbocycles. The Kier molecular flexibility index (Phi) is 4.98. The molecule has 2 rings (SSSR count). The lowest BCUT2D eigenvalue weighted by atomic mass is 10.1. The number of hydrogen-bond donors (Lipinski definition) is 0. The number of nitrogens with zero attached hydrogens (tertiary/aromatic N) is 2. The summed E-state index contributed by atoms with van der Waals surface area (Å²) in [4.78, 5) is 8.94. The highest BCUT2D eigenvalue weighted by Gasteiger charge is 2.14. The Bertz CT molecular complexity index is 600. The van der Waals surface area contributed by atoms with E-state index < -0.39 is 0 Å². The molecule has 1 aromatic carbocycles. The Morgan fingerprint density at radius 3 is 2.47 bits per heavy atom. The van der Waals surface area contributed by atoms with E-state index in [0.717, 1.165) is 26.0 Å². The number of aromatic nitrogens is 2. The second-order valence-corrected chi connectivity index (χ2v) is 6.56. The molecule has 0 atom stereocenters. The molecule has 0 bridgehead atoms. The standard InChI is InChI=1S/C14H13Br2ClN2/c1-8(2)13-12(16)14(17)19-11(18-13)7-9-5-3-4-6-10(9)15/h3-6,8H,7H2,1-2H3. The zero-order chi connectivity index (χ0) is 14.0. The zero-order valence-electron chi connectivity index (χ0n) is 10.6. The Labute approximate surface area is 134 Å². The Balaban J connectivity index is 2.39. The van der Waals surface area contributed by atoms with Crippen molar-refractivity contribution in [3.8, 4) is 0 Å². The molecule has 0 saturated carbocycles. The van der Waals surface area contributed by atoms with Crippen molar-refractivity contribution in [2.24, 2.45) is 0 Å². The first-order valence-corrected chi connectivity index (χ1v) is 7.90. The predicted molar refractivity (Wildman–Crippen MR) is 85.8 cm³/mol. The van der Waals surface area contributed by atoms with Gasteiger partial charge in [-0.15, -0.1) is 0 Å². The van der Waals surface area contributed by atoms with Crippen molar-refractivity contribution in [2.75, 3.05) is 0 Å². The number of rotatable bonds is 3. The summed E-state index contributed by atoms with van der Waals surface area (Å²) in [6.07, 6.45) is 0.661. The molecule has 5 heteroatoms. The molecule has 2 aromatic rings. The second-order valence-electron chi connectivity index (χ2n) is 4.55. The summed E-state index contributed by atoms with van der Waals surface area (Å²) in [5, 5.41) is 0.473. The Morgan fingerprint density at radius 1 is 1.16 bits per heavy atom. The first-order chi connectivity index (χ1) is 8.99. The highest BCUT2D eigenvalue weighted by molar-refractivity contribution is 9.10. The van der Waals surface area contributed by atoms with Gasteiger partial charge in [0.05, 0.1) is 10.2 Å². The van der Waals surface area contributed by atoms with Crippen molar-refractivity contribution in [1.82, 2.24) is 9.97 Å². The van der Waals surface area contributed by atoms with Crippen LogP contribution in [0, 0.1) is 0 Å². The van der Waals surface area contributed by atoms with E-state index in [9.17, 15) is 0 Å². The number of benzene rings is 1. The lowest BCUT2D eigenvalue weighted by Gasteiger charge is -2.11. The van der Waals surface area contributed by atoms with E-state index in [-0.39, 0.29) is 0 Å². The molecular formula is C14H13Br2ClN2. The highest BCUT2D eigenvalue weighted by atomic mass is 79.9. The van der Waals surface area contributed by atoms with E-state index >= 15 is 0 Å². The van der Waals surface area contributed by atoms with Crippen LogP contribution in [0.2, 0.25) is 5.15 Å². The van der Waals surface area contributed by atoms with E-state index in [1.165, 1.54) is 0 Å². The van der Waals surface area contributed by atoms with Crippen LogP contribution < -0.4 is 0 Å². The fourth-order valence-corrected chi connectivity index (χ4v) is 3.01. The fraction of sp³-hybridized carbons (Fsp3) is 0.286. The SMILES string of the molecule is CC(C)c1nc(Cc2ccccc2Br)nc(Cl)c1Br. The molecule has 0 N–H and O–H groups in total. The smallest absolute Gasteiger partial charge is 0.147 e. The van der Waals surface area contributed by atoms with Gasteiger partial charge in [-0.2, -0.15) is 0 Å². The molecule has 0 aliphatic rings. The van der Waals surface area contributed by atoms with Crippen molar-refractivity contribution in [3.05, 3.63) is 55.4 Å². The average molecular weight is 405 g/mol. The number of hydrogen-bond acceptors (Lipinski definition) is 2. The van der Waals surface area contributed by atoms with Gasteiger partial charge in [-0.3, -0.25) is 0 Å². The fourth-order valence-electron chi connectivity index (χ4n) is 1.75. The largest absolute Gasteiger partial charge is 0.236 e. The van der Waals surface area contributed by atoms with Crippen molar-refractivity contribution in [2.45, 2.75) is 26.2 Å². The molecule has 0 radical (unpaired) electrons. The maximum atomic E-state index is 6.16. The van der Waals surface area contributed by atoms with Crippen molar-refractivity contribution >= 4 is 43.5 Å². The van der Waals surface area contributed by atoms with Crippen molar-refractivity contribution in [1.29, 1.82) is 0 Å². The molecule has 0 unspecified atom stereocenters. The van der Waals surface area contributed by atoms with Gasteiger partial charge in [-0.1, -0.05) is 59.6 Å². The van der Waals surface area contributed by atoms with Crippen molar-refractivity contribution in [3.63, 3.8) is 0 Å². The van der Waals surface area contributed by atoms with Crippen LogP contribution in [0.3, 0.4) is 0 Å². The van der Waals surface area contributed by atoms with E-state index in [1.54, 1.807) is 0 Å². The van der Waals surface area contributed by atoms with Gasteiger partial charge >= 0.3 is 0 Å². The zero-order valence-corrected chi connectivity index (χ0v) is 14.6. The minimum Gasteiger partial charge on any atom is -0.236 e. The first kappa shape index (κ1) is 14.9. The lowest BCUT2D eigenvalue weighted by molar-refractivity contribution is 0.783. The monoisotopic (exact) mass is 402 g/mol. The van der Waals surface area contributed by atoms with E-state index in [1.807, 2.05) is 18.2 Å². The van der Waals surface area contributed by atoms with Gasteiger partial charge < -0.3 is 0 Å². The predicted octanol–water partition coefficient (Wildman–Crippen LogP) is 5.37. The molecule has 100 valence electrons. The molecule has 19 heavy (non-hydrogen) atoms.